The molecule has 0 saturated carbocycles. The summed E-state index contributed by atoms with van der Waals surface area (Å²) in [5.74, 6) is 0. The minimum absolute atomic E-state index is 0.483. The van der Waals surface area contributed by atoms with Crippen LogP contribution in [0.3, 0.4) is 0 Å². The molecule has 88 valence electrons. The van der Waals surface area contributed by atoms with E-state index in [1.807, 2.05) is 12.1 Å². The van der Waals surface area contributed by atoms with E-state index < -0.39 is 16.3 Å². The van der Waals surface area contributed by atoms with Crippen LogP contribution in [0.5, 0.6) is 0 Å². The minimum atomic E-state index is -1.62. The first kappa shape index (κ1) is 12.7. The van der Waals surface area contributed by atoms with Crippen molar-refractivity contribution in [3.63, 3.8) is 0 Å². The van der Waals surface area contributed by atoms with Crippen LogP contribution in [0.4, 0.5) is 0 Å². The zero-order chi connectivity index (χ0) is 12.1. The molecule has 1 atom stereocenters. The van der Waals surface area contributed by atoms with Crippen LogP contribution in [0.1, 0.15) is 0 Å². The second-order valence-electron chi connectivity index (χ2n) is 3.67. The van der Waals surface area contributed by atoms with Crippen LogP contribution < -0.4 is 16.0 Å². The van der Waals surface area contributed by atoms with Gasteiger partial charge in [0.2, 0.25) is 0 Å². The fourth-order valence-corrected chi connectivity index (χ4v) is 9.13. The Morgan fingerprint density at radius 1 is 0.882 bits per heavy atom. The maximum atomic E-state index is 6.26. The molecule has 2 N–H and O–H groups in total. The Kier molecular flexibility index (Phi) is 4.65. The molecule has 0 aliphatic rings. The smallest absolute Gasteiger partial charge is 0.274 e. The van der Waals surface area contributed by atoms with Crippen molar-refractivity contribution in [1.82, 2.24) is 0 Å². The third kappa shape index (κ3) is 3.12. The summed E-state index contributed by atoms with van der Waals surface area (Å²) >= 11 is 0. The first-order valence-corrected chi connectivity index (χ1v) is 10.4. The van der Waals surface area contributed by atoms with E-state index >= 15 is 0 Å². The predicted octanol–water partition coefficient (Wildman–Crippen LogP) is 0.0922. The summed E-state index contributed by atoms with van der Waals surface area (Å²) < 4.78 is 5.61. The largest absolute Gasteiger partial charge is 0.452 e. The van der Waals surface area contributed by atoms with E-state index in [0.717, 1.165) is 10.5 Å². The van der Waals surface area contributed by atoms with Crippen molar-refractivity contribution in [2.75, 3.05) is 0 Å². The van der Waals surface area contributed by atoms with Crippen molar-refractivity contribution in [3.05, 3.63) is 60.7 Å². The Morgan fingerprint density at radius 2 is 1.29 bits per heavy atom. The van der Waals surface area contributed by atoms with Crippen LogP contribution in [0.15, 0.2) is 60.7 Å². The van der Waals surface area contributed by atoms with Crippen molar-refractivity contribution in [3.8, 4) is 0 Å². The summed E-state index contributed by atoms with van der Waals surface area (Å²) in [6.45, 7) is 0. The van der Waals surface area contributed by atoms with Gasteiger partial charge in [-0.05, 0) is 18.1 Å². The molecule has 2 rings (SSSR count). The summed E-state index contributed by atoms with van der Waals surface area (Å²) in [4.78, 5) is 0. The molecule has 2 aromatic carbocycles. The lowest BCUT2D eigenvalue weighted by molar-refractivity contribution is 0.656. The highest BCUT2D eigenvalue weighted by atomic mass is 31.4. The van der Waals surface area contributed by atoms with Crippen molar-refractivity contribution in [2.45, 2.75) is 0 Å². The molecule has 0 bridgehead atoms. The van der Waals surface area contributed by atoms with Gasteiger partial charge in [0.05, 0.1) is 0 Å². The molecule has 0 aliphatic heterocycles. The predicted molar refractivity (Wildman–Crippen MR) is 81.4 cm³/mol. The van der Waals surface area contributed by atoms with E-state index in [9.17, 15) is 0 Å². The SMILES string of the molecule is N[SiH](O[SiH3])P(c1ccccc1)c1ccccc1. The molecule has 0 aromatic heterocycles. The third-order valence-corrected chi connectivity index (χ3v) is 11.9. The first-order valence-electron chi connectivity index (χ1n) is 5.50. The maximum Gasteiger partial charge on any atom is 0.274 e. The van der Waals surface area contributed by atoms with Gasteiger partial charge in [-0.15, -0.1) is 0 Å². The van der Waals surface area contributed by atoms with Crippen LogP contribution in [0.2, 0.25) is 0 Å². The molecule has 0 amide bonds. The minimum Gasteiger partial charge on any atom is -0.452 e. The van der Waals surface area contributed by atoms with Crippen LogP contribution in [-0.2, 0) is 4.12 Å². The quantitative estimate of drug-likeness (QED) is 0.635. The molecule has 0 saturated heterocycles. The van der Waals surface area contributed by atoms with Crippen LogP contribution in [-0.4, -0.2) is 19.4 Å². The van der Waals surface area contributed by atoms with Gasteiger partial charge in [0, 0.05) is 0 Å². The zero-order valence-electron chi connectivity index (χ0n) is 9.78. The summed E-state index contributed by atoms with van der Waals surface area (Å²) in [5.41, 5.74) is 0. The number of nitrogens with two attached hydrogens (primary N) is 1. The lowest BCUT2D eigenvalue weighted by Gasteiger charge is -2.22. The van der Waals surface area contributed by atoms with Crippen molar-refractivity contribution in [1.29, 1.82) is 0 Å². The number of hydrogen-bond donors (Lipinski definition) is 1. The molecule has 0 heterocycles. The van der Waals surface area contributed by atoms with E-state index in [1.54, 1.807) is 0 Å². The summed E-state index contributed by atoms with van der Waals surface area (Å²) in [5, 5.41) is 8.91. The number of benzene rings is 2. The highest BCUT2D eigenvalue weighted by Gasteiger charge is 2.22. The van der Waals surface area contributed by atoms with Gasteiger partial charge >= 0.3 is 0 Å². The lowest BCUT2D eigenvalue weighted by atomic mass is 10.4. The van der Waals surface area contributed by atoms with E-state index in [2.05, 4.69) is 48.5 Å². The highest BCUT2D eigenvalue weighted by molar-refractivity contribution is 7.99. The normalized spacial score (nSPS) is 12.8. The molecule has 1 unspecified atom stereocenters. The number of rotatable bonds is 4. The van der Waals surface area contributed by atoms with Crippen molar-refractivity contribution >= 4 is 37.4 Å². The first-order chi connectivity index (χ1) is 8.33. The lowest BCUT2D eigenvalue weighted by Crippen LogP contribution is -2.35. The van der Waals surface area contributed by atoms with Crippen LogP contribution >= 0.6 is 7.47 Å². The van der Waals surface area contributed by atoms with Gasteiger partial charge in [-0.3, -0.25) is 0 Å². The highest BCUT2D eigenvalue weighted by Crippen LogP contribution is 2.34. The summed E-state index contributed by atoms with van der Waals surface area (Å²) in [7, 11) is -1.38. The topological polar surface area (TPSA) is 35.2 Å². The Bertz CT molecular complexity index is 415. The standard InChI is InChI=1S/C12H16NOPSi2/c13-17(14-16)15(11-7-3-1-4-8-11)12-9-5-2-6-10-12/h1-10,17H,13H2,16H3. The zero-order valence-corrected chi connectivity index (χ0v) is 13.8. The molecular formula is C12H16NOPSi2. The third-order valence-electron chi connectivity index (χ3n) is 2.56. The van der Waals surface area contributed by atoms with E-state index in [1.165, 1.54) is 10.6 Å². The van der Waals surface area contributed by atoms with E-state index in [4.69, 9.17) is 9.51 Å². The average Bonchev–Trinajstić information content (AvgIpc) is 2.41. The van der Waals surface area contributed by atoms with Gasteiger partial charge < -0.3 is 9.51 Å². The summed E-state index contributed by atoms with van der Waals surface area (Å²) in [6.07, 6.45) is 0. The van der Waals surface area contributed by atoms with Crippen LogP contribution in [0.25, 0.3) is 0 Å². The molecule has 0 radical (unpaired) electrons. The van der Waals surface area contributed by atoms with Gasteiger partial charge in [0.1, 0.15) is 10.5 Å². The second-order valence-corrected chi connectivity index (χ2v) is 11.2. The average molecular weight is 277 g/mol. The molecule has 0 aliphatic carbocycles. The van der Waals surface area contributed by atoms with Gasteiger partial charge in [-0.25, -0.2) is 0 Å². The van der Waals surface area contributed by atoms with Gasteiger partial charge in [0.15, 0.2) is 0 Å². The Hall–Kier alpha value is -0.776. The number of hydrogen-bond acceptors (Lipinski definition) is 2. The van der Waals surface area contributed by atoms with E-state index in [-0.39, 0.29) is 0 Å². The summed E-state index contributed by atoms with van der Waals surface area (Å²) in [6, 6.07) is 21.0. The maximum absolute atomic E-state index is 6.26. The van der Waals surface area contributed by atoms with Gasteiger partial charge in [-0.1, -0.05) is 60.7 Å². The molecule has 17 heavy (non-hydrogen) atoms. The Labute approximate surface area is 108 Å². The Morgan fingerprint density at radius 3 is 1.65 bits per heavy atom. The van der Waals surface area contributed by atoms with Gasteiger partial charge in [-0.2, -0.15) is 0 Å². The molecule has 0 fully saturated rings. The van der Waals surface area contributed by atoms with Crippen molar-refractivity contribution < 1.29 is 4.12 Å². The van der Waals surface area contributed by atoms with Crippen LogP contribution in [0, 0.1) is 0 Å². The fraction of sp³-hybridized carbons (Fsp3) is 0. The van der Waals surface area contributed by atoms with Crippen molar-refractivity contribution in [2.24, 2.45) is 5.40 Å². The fourth-order valence-electron chi connectivity index (χ4n) is 1.73. The molecule has 5 heteroatoms. The molecular weight excluding hydrogens is 261 g/mol. The molecule has 2 nitrogen and oxygen atoms in total. The Balaban J connectivity index is 2.39. The molecule has 2 aromatic rings. The van der Waals surface area contributed by atoms with Gasteiger partial charge in [0.25, 0.3) is 8.87 Å². The monoisotopic (exact) mass is 277 g/mol. The second kappa shape index (κ2) is 6.24. The molecule has 0 spiro atoms. The van der Waals surface area contributed by atoms with E-state index in [0.29, 0.717) is 0 Å².